The summed E-state index contributed by atoms with van der Waals surface area (Å²) in [5.74, 6) is 0. The number of sulfone groups is 1. The number of aliphatic hydroxyl groups is 1. The number of aromatic nitrogens is 6. The van der Waals surface area contributed by atoms with Gasteiger partial charge in [0, 0.05) is 55.7 Å². The first-order chi connectivity index (χ1) is 40.8. The predicted molar refractivity (Wildman–Crippen MR) is 366 cm³/mol. The lowest BCUT2D eigenvalue weighted by Crippen LogP contribution is -2.47. The van der Waals surface area contributed by atoms with Crippen molar-refractivity contribution in [3.8, 4) is 28.5 Å². The molecule has 486 valence electrons. The second-order valence-corrected chi connectivity index (χ2v) is 54.0. The molecule has 0 spiro atoms. The molecule has 0 aliphatic carbocycles. The molecule has 8 atom stereocenters. The third-order valence-electron chi connectivity index (χ3n) is 17.0. The Morgan fingerprint density at radius 2 is 0.966 bits per heavy atom. The molecule has 0 saturated carbocycles. The molecule has 0 bridgehead atoms. The fourth-order valence-electron chi connectivity index (χ4n) is 9.74. The third kappa shape index (κ3) is 17.6. The standard InChI is InChI=1S/C30H43BrClN3O5Si2.C19H23BrClN3O3SSi.C12H24O4Si/c1-30(2,3)42(7,8)40-24-17-38-26-23(16-37-27(24)26)39-29-34-28-22(35(29)18-36-13-14-41(4,5)6)15-21(32)25(33-28)19-9-11-20(31)12-10-19;1-28(25,26)19-23-18-16(24(19)12-27-9-10-29(2,3)4)11-15(21)17(22-18)13-5-7-14(20)8-6-13;1-12(2,3)17(4,5)16-9-7-15-10-8(13)6-14-11(9)10/h9-12,15,23-24,26-27H,13-14,16-18H2,1-8H3;5-8,11H,9-10,12H2,1-4H3;8-11,13H,6-7H2,1-5H3/t23-,24-,26-,27-;;8-,9-,10-,11-/m1.1/s1. The van der Waals surface area contributed by atoms with Gasteiger partial charge in [-0.25, -0.2) is 18.4 Å². The van der Waals surface area contributed by atoms with Crippen LogP contribution in [0.1, 0.15) is 41.5 Å². The number of hydrogen-bond donors (Lipinski definition) is 1. The first kappa shape index (κ1) is 71.3. The summed E-state index contributed by atoms with van der Waals surface area (Å²) in [4.78, 5) is 18.5. The van der Waals surface area contributed by atoms with Gasteiger partial charge in [0.05, 0.1) is 71.1 Å². The third-order valence-corrected chi connectivity index (χ3v) is 32.1. The van der Waals surface area contributed by atoms with Gasteiger partial charge < -0.3 is 47.1 Å². The number of benzene rings is 2. The Morgan fingerprint density at radius 3 is 1.41 bits per heavy atom. The average molecular weight is 1470 g/mol. The molecule has 1 N–H and O–H groups in total. The van der Waals surface area contributed by atoms with Crippen molar-refractivity contribution in [3.63, 3.8) is 0 Å². The molecule has 6 aromatic rings. The monoisotopic (exact) mass is 1470 g/mol. The largest absolute Gasteiger partial charge is 0.456 e. The Hall–Kier alpha value is -2.52. The summed E-state index contributed by atoms with van der Waals surface area (Å²) in [6, 6.07) is 21.5. The van der Waals surface area contributed by atoms with Gasteiger partial charge in [-0.1, -0.05) is 160 Å². The zero-order valence-corrected chi connectivity index (χ0v) is 63.5. The molecule has 4 saturated heterocycles. The van der Waals surface area contributed by atoms with Crippen LogP contribution in [-0.2, 0) is 60.6 Å². The van der Waals surface area contributed by atoms with E-state index in [1.165, 1.54) is 4.57 Å². The second-order valence-electron chi connectivity index (χ2n) is 28.7. The van der Waals surface area contributed by atoms with Crippen molar-refractivity contribution < 1.29 is 55.5 Å². The summed E-state index contributed by atoms with van der Waals surface area (Å²) in [6.07, 6.45) is -0.509. The van der Waals surface area contributed by atoms with Gasteiger partial charge in [0.25, 0.3) is 0 Å². The van der Waals surface area contributed by atoms with E-state index in [-0.39, 0.29) is 71.4 Å². The summed E-state index contributed by atoms with van der Waals surface area (Å²) < 4.78 is 85.1. The quantitative estimate of drug-likeness (QED) is 0.0593. The molecule has 10 rings (SSSR count). The minimum Gasteiger partial charge on any atom is -0.456 e. The number of rotatable bonds is 19. The Kier molecular flexibility index (Phi) is 22.9. The highest BCUT2D eigenvalue weighted by Gasteiger charge is 2.53. The molecular formula is C61H90Br2Cl2N6O12SSi4. The molecular weight excluding hydrogens is 1380 g/mol. The minimum atomic E-state index is -3.57. The van der Waals surface area contributed by atoms with Crippen molar-refractivity contribution in [3.05, 3.63) is 79.7 Å². The van der Waals surface area contributed by atoms with Crippen LogP contribution in [0, 0.1) is 0 Å². The second kappa shape index (κ2) is 28.2. The number of nitrogens with zero attached hydrogens (tertiary/aromatic N) is 6. The SMILES string of the molecule is CC(C)(C)[Si](C)(C)O[C@@H]1CO[C@H]2[C@@H]1OC[C@H]2O.CC(C)(C)[Si](C)(C)O[C@@H]1CO[C@H]2[C@@H]1OC[C@H]2Oc1nc2nc(-c3ccc(Br)cc3)c(Cl)cc2n1COCC[Si](C)(C)C.C[Si](C)(C)CCOCn1c(S(C)(=O)=O)nc2nc(-c3ccc(Br)cc3)c(Cl)cc21. The molecule has 0 unspecified atom stereocenters. The maximum atomic E-state index is 12.3. The van der Waals surface area contributed by atoms with Gasteiger partial charge in [0.15, 0.2) is 34.0 Å². The highest BCUT2D eigenvalue weighted by molar-refractivity contribution is 9.10. The van der Waals surface area contributed by atoms with Crippen LogP contribution in [0.3, 0.4) is 0 Å². The summed E-state index contributed by atoms with van der Waals surface area (Å²) in [5.41, 5.74) is 5.10. The van der Waals surface area contributed by atoms with Gasteiger partial charge in [-0.3, -0.25) is 9.13 Å². The number of aliphatic hydroxyl groups excluding tert-OH is 1. The summed E-state index contributed by atoms with van der Waals surface area (Å²) in [7, 11) is -9.84. The van der Waals surface area contributed by atoms with E-state index in [9.17, 15) is 13.5 Å². The molecule has 88 heavy (non-hydrogen) atoms. The molecule has 4 aliphatic rings. The Balaban J connectivity index is 0.000000188. The van der Waals surface area contributed by atoms with Gasteiger partial charge in [0.2, 0.25) is 15.0 Å². The van der Waals surface area contributed by atoms with Gasteiger partial charge in [-0.2, -0.15) is 9.97 Å². The van der Waals surface area contributed by atoms with Crippen molar-refractivity contribution in [1.29, 1.82) is 0 Å². The van der Waals surface area contributed by atoms with Crippen molar-refractivity contribution >= 4 is 120 Å². The number of halogens is 4. The summed E-state index contributed by atoms with van der Waals surface area (Å²) in [6.45, 7) is 39.6. The minimum absolute atomic E-state index is 0.0157. The fourth-order valence-corrected chi connectivity index (χ4v) is 15.7. The van der Waals surface area contributed by atoms with Crippen molar-refractivity contribution in [1.82, 2.24) is 29.1 Å². The zero-order chi connectivity index (χ0) is 64.7. The molecule has 4 aromatic heterocycles. The number of ether oxygens (including phenoxy) is 7. The van der Waals surface area contributed by atoms with Crippen molar-refractivity contribution in [2.24, 2.45) is 0 Å². The topological polar surface area (TPSA) is 199 Å². The van der Waals surface area contributed by atoms with Crippen LogP contribution in [-0.4, -0.2) is 170 Å². The highest BCUT2D eigenvalue weighted by atomic mass is 79.9. The zero-order valence-electron chi connectivity index (χ0n) is 54.0. The normalized spacial score (nSPS) is 22.6. The first-order valence-electron chi connectivity index (χ1n) is 30.0. The Labute approximate surface area is 551 Å². The molecule has 8 heterocycles. The van der Waals surface area contributed by atoms with Crippen LogP contribution < -0.4 is 4.74 Å². The lowest BCUT2D eigenvalue weighted by atomic mass is 10.1. The van der Waals surface area contributed by atoms with Crippen molar-refractivity contribution in [2.75, 3.05) is 45.9 Å². The number of pyridine rings is 2. The van der Waals surface area contributed by atoms with Crippen LogP contribution in [0.5, 0.6) is 6.01 Å². The molecule has 4 fully saturated rings. The van der Waals surface area contributed by atoms with Crippen molar-refractivity contribution in [2.45, 2.75) is 197 Å². The molecule has 18 nitrogen and oxygen atoms in total. The van der Waals surface area contributed by atoms with Gasteiger partial charge in [-0.15, -0.1) is 0 Å². The van der Waals surface area contributed by atoms with Gasteiger partial charge >= 0.3 is 6.01 Å². The molecule has 0 radical (unpaired) electrons. The molecule has 2 aromatic carbocycles. The van der Waals surface area contributed by atoms with E-state index < -0.39 is 48.7 Å². The predicted octanol–water partition coefficient (Wildman–Crippen LogP) is 14.5. The molecule has 4 aliphatic heterocycles. The van der Waals surface area contributed by atoms with Crippen LogP contribution in [0.2, 0.25) is 97.7 Å². The van der Waals surface area contributed by atoms with Crippen LogP contribution in [0.25, 0.3) is 44.8 Å². The molecule has 27 heteroatoms. The Morgan fingerprint density at radius 1 is 0.580 bits per heavy atom. The van der Waals surface area contributed by atoms with E-state index in [0.29, 0.717) is 83.9 Å². The van der Waals surface area contributed by atoms with Gasteiger partial charge in [0.1, 0.15) is 44.0 Å². The lowest BCUT2D eigenvalue weighted by Gasteiger charge is -2.39. The highest BCUT2D eigenvalue weighted by Crippen LogP contribution is 2.43. The maximum absolute atomic E-state index is 12.3. The number of hydrogen-bond acceptors (Lipinski definition) is 16. The summed E-state index contributed by atoms with van der Waals surface area (Å²) >= 11 is 20.2. The Bertz CT molecular complexity index is 3490. The van der Waals surface area contributed by atoms with E-state index >= 15 is 0 Å². The number of fused-ring (bicyclic) bond motifs is 4. The molecule has 0 amide bonds. The average Bonchev–Trinajstić information content (AvgIpc) is 2.15. The van der Waals surface area contributed by atoms with E-state index in [1.807, 2.05) is 59.2 Å². The van der Waals surface area contributed by atoms with Gasteiger partial charge in [-0.05, 0) is 84.8 Å². The van der Waals surface area contributed by atoms with Crippen LogP contribution in [0.4, 0.5) is 0 Å². The van der Waals surface area contributed by atoms with E-state index in [2.05, 4.69) is 149 Å². The number of imidazole rings is 2. The van der Waals surface area contributed by atoms with E-state index in [0.717, 1.165) is 43.9 Å². The lowest BCUT2D eigenvalue weighted by molar-refractivity contribution is 0.00562. The van der Waals surface area contributed by atoms with E-state index in [1.54, 1.807) is 6.07 Å². The summed E-state index contributed by atoms with van der Waals surface area (Å²) in [5, 5.41) is 10.8. The van der Waals surface area contributed by atoms with E-state index in [4.69, 9.17) is 75.2 Å². The maximum Gasteiger partial charge on any atom is 0.301 e. The van der Waals surface area contributed by atoms with Crippen LogP contribution in [0.15, 0.2) is 74.8 Å². The fraction of sp³-hybridized carbons (Fsp3) is 0.607. The smallest absolute Gasteiger partial charge is 0.301 e. The first-order valence-corrected chi connectivity index (χ1v) is 47.4. The van der Waals surface area contributed by atoms with Crippen LogP contribution >= 0.6 is 55.1 Å².